The average molecular weight is 308 g/mol. The molecule has 0 bridgehead atoms. The molecule has 3 rings (SSSR count). The van der Waals surface area contributed by atoms with Gasteiger partial charge in [-0.05, 0) is 39.7 Å². The summed E-state index contributed by atoms with van der Waals surface area (Å²) in [4.78, 5) is 19.2. The van der Waals surface area contributed by atoms with Crippen molar-refractivity contribution in [3.63, 3.8) is 0 Å². The Labute approximate surface area is 127 Å². The van der Waals surface area contributed by atoms with Crippen LogP contribution in [-0.4, -0.2) is 43.3 Å². The fourth-order valence-corrected chi connectivity index (χ4v) is 3.68. The van der Waals surface area contributed by atoms with Gasteiger partial charge >= 0.3 is 0 Å². The number of aryl methyl sites for hydroxylation is 1. The summed E-state index contributed by atoms with van der Waals surface area (Å²) in [5.41, 5.74) is 0.0395. The van der Waals surface area contributed by atoms with Crippen LogP contribution >= 0.6 is 11.3 Å². The lowest BCUT2D eigenvalue weighted by Gasteiger charge is -2.21. The number of rotatable bonds is 2. The lowest BCUT2D eigenvalue weighted by molar-refractivity contribution is 0.0444. The molecule has 0 amide bonds. The van der Waals surface area contributed by atoms with Crippen molar-refractivity contribution in [2.45, 2.75) is 45.3 Å². The van der Waals surface area contributed by atoms with Crippen LogP contribution in [0.25, 0.3) is 4.96 Å². The molecule has 1 fully saturated rings. The molecule has 0 radical (unpaired) electrons. The molecule has 0 saturated carbocycles. The number of fused-ring (bicyclic) bond motifs is 1. The number of aliphatic hydroxyl groups is 1. The van der Waals surface area contributed by atoms with Crippen molar-refractivity contribution in [1.29, 1.82) is 0 Å². The van der Waals surface area contributed by atoms with E-state index in [1.165, 1.54) is 21.9 Å². The largest absolute Gasteiger partial charge is 0.390 e. The molecule has 2 aromatic heterocycles. The highest BCUT2D eigenvalue weighted by atomic mass is 32.1. The van der Waals surface area contributed by atoms with Crippen molar-refractivity contribution >= 4 is 16.3 Å². The summed E-state index contributed by atoms with van der Waals surface area (Å²) in [6.07, 6.45) is 2.59. The highest BCUT2D eigenvalue weighted by Crippen LogP contribution is 2.23. The van der Waals surface area contributed by atoms with Crippen molar-refractivity contribution in [2.75, 3.05) is 13.1 Å². The molecule has 0 aliphatic carbocycles. The monoisotopic (exact) mass is 308 g/mol. The molecular formula is C14H20N4O2S. The van der Waals surface area contributed by atoms with Gasteiger partial charge in [0.1, 0.15) is 5.01 Å². The zero-order valence-electron chi connectivity index (χ0n) is 12.4. The van der Waals surface area contributed by atoms with Crippen LogP contribution in [0.2, 0.25) is 0 Å². The van der Waals surface area contributed by atoms with Gasteiger partial charge in [0.15, 0.2) is 0 Å². The lowest BCUT2D eigenvalue weighted by Crippen LogP contribution is -2.28. The van der Waals surface area contributed by atoms with Gasteiger partial charge in [0.25, 0.3) is 5.56 Å². The molecule has 3 heterocycles. The van der Waals surface area contributed by atoms with Gasteiger partial charge in [0, 0.05) is 18.3 Å². The van der Waals surface area contributed by atoms with Gasteiger partial charge < -0.3 is 5.11 Å². The first kappa shape index (κ1) is 14.6. The second-order valence-electron chi connectivity index (χ2n) is 6.05. The molecular weight excluding hydrogens is 288 g/mol. The smallest absolute Gasteiger partial charge is 0.275 e. The summed E-state index contributed by atoms with van der Waals surface area (Å²) >= 11 is 1.46. The van der Waals surface area contributed by atoms with Gasteiger partial charge in [0.05, 0.1) is 12.1 Å². The van der Waals surface area contributed by atoms with E-state index in [0.29, 0.717) is 11.5 Å². The topological polar surface area (TPSA) is 70.7 Å². The summed E-state index contributed by atoms with van der Waals surface area (Å²) in [5.74, 6) is 0. The van der Waals surface area contributed by atoms with Gasteiger partial charge in [0.2, 0.25) is 4.96 Å². The molecule has 1 unspecified atom stereocenters. The van der Waals surface area contributed by atoms with Gasteiger partial charge in [-0.15, -0.1) is 0 Å². The highest BCUT2D eigenvalue weighted by molar-refractivity contribution is 7.16. The molecule has 0 aromatic carbocycles. The van der Waals surface area contributed by atoms with Gasteiger partial charge in [-0.25, -0.2) is 4.98 Å². The van der Waals surface area contributed by atoms with Crippen LogP contribution in [-0.2, 0) is 6.54 Å². The summed E-state index contributed by atoms with van der Waals surface area (Å²) in [6.45, 7) is 6.23. The Morgan fingerprint density at radius 2 is 2.24 bits per heavy atom. The van der Waals surface area contributed by atoms with Crippen molar-refractivity contribution in [3.05, 3.63) is 27.1 Å². The van der Waals surface area contributed by atoms with Crippen LogP contribution in [0.1, 0.15) is 36.9 Å². The first-order chi connectivity index (χ1) is 9.93. The Balaban J connectivity index is 1.79. The molecule has 1 atom stereocenters. The molecule has 0 spiro atoms. The Bertz CT molecular complexity index is 707. The summed E-state index contributed by atoms with van der Waals surface area (Å²) in [5, 5.41) is 15.4. The van der Waals surface area contributed by atoms with Crippen LogP contribution in [0, 0.1) is 6.92 Å². The SMILES string of the molecule is Cc1cc(=O)n2nc(CN3CCCC(C)(O)CC3)sc2n1. The van der Waals surface area contributed by atoms with Crippen molar-refractivity contribution in [1.82, 2.24) is 19.5 Å². The van der Waals surface area contributed by atoms with E-state index in [4.69, 9.17) is 0 Å². The van der Waals surface area contributed by atoms with E-state index in [0.717, 1.165) is 43.1 Å². The number of hydrogen-bond donors (Lipinski definition) is 1. The predicted molar refractivity (Wildman–Crippen MR) is 81.6 cm³/mol. The van der Waals surface area contributed by atoms with Crippen LogP contribution < -0.4 is 5.56 Å². The first-order valence-electron chi connectivity index (χ1n) is 7.24. The normalized spacial score (nSPS) is 24.3. The Hall–Kier alpha value is -1.31. The zero-order chi connectivity index (χ0) is 15.0. The van der Waals surface area contributed by atoms with E-state index < -0.39 is 5.60 Å². The van der Waals surface area contributed by atoms with Crippen LogP contribution in [0.3, 0.4) is 0 Å². The molecule has 1 N–H and O–H groups in total. The lowest BCUT2D eigenvalue weighted by atomic mass is 9.98. The summed E-state index contributed by atoms with van der Waals surface area (Å²) < 4.78 is 1.38. The van der Waals surface area contributed by atoms with E-state index in [1.807, 2.05) is 13.8 Å². The minimum Gasteiger partial charge on any atom is -0.390 e. The Morgan fingerprint density at radius 3 is 3.05 bits per heavy atom. The minimum atomic E-state index is -0.558. The Morgan fingerprint density at radius 1 is 1.43 bits per heavy atom. The quantitative estimate of drug-likeness (QED) is 0.902. The van der Waals surface area contributed by atoms with Gasteiger partial charge in [-0.2, -0.15) is 9.61 Å². The fourth-order valence-electron chi connectivity index (χ4n) is 2.69. The van der Waals surface area contributed by atoms with E-state index in [2.05, 4.69) is 15.0 Å². The van der Waals surface area contributed by atoms with E-state index in [-0.39, 0.29) is 5.56 Å². The standard InChI is InChI=1S/C14H20N4O2S/c1-10-8-12(19)18-13(15-10)21-11(16-18)9-17-6-3-4-14(2,20)5-7-17/h8,20H,3-7,9H2,1-2H3. The van der Waals surface area contributed by atoms with Crippen molar-refractivity contribution in [2.24, 2.45) is 0 Å². The molecule has 21 heavy (non-hydrogen) atoms. The van der Waals surface area contributed by atoms with E-state index in [9.17, 15) is 9.90 Å². The van der Waals surface area contributed by atoms with E-state index in [1.54, 1.807) is 0 Å². The number of hydrogen-bond acceptors (Lipinski definition) is 6. The fraction of sp³-hybridized carbons (Fsp3) is 0.643. The third kappa shape index (κ3) is 3.30. The van der Waals surface area contributed by atoms with Crippen molar-refractivity contribution < 1.29 is 5.11 Å². The maximum Gasteiger partial charge on any atom is 0.275 e. The molecule has 6 nitrogen and oxygen atoms in total. The maximum absolute atomic E-state index is 11.9. The maximum atomic E-state index is 11.9. The molecule has 1 saturated heterocycles. The van der Waals surface area contributed by atoms with Crippen LogP contribution in [0.5, 0.6) is 0 Å². The third-order valence-electron chi connectivity index (χ3n) is 3.93. The molecule has 114 valence electrons. The number of likely N-dealkylation sites (tertiary alicyclic amines) is 1. The Kier molecular flexibility index (Phi) is 3.81. The van der Waals surface area contributed by atoms with E-state index >= 15 is 0 Å². The third-order valence-corrected chi connectivity index (χ3v) is 4.82. The highest BCUT2D eigenvalue weighted by Gasteiger charge is 2.25. The van der Waals surface area contributed by atoms with Crippen molar-refractivity contribution in [3.8, 4) is 0 Å². The van der Waals surface area contributed by atoms with Crippen LogP contribution in [0.4, 0.5) is 0 Å². The average Bonchev–Trinajstić information content (AvgIpc) is 2.70. The second-order valence-corrected chi connectivity index (χ2v) is 7.09. The first-order valence-corrected chi connectivity index (χ1v) is 8.06. The summed E-state index contributed by atoms with van der Waals surface area (Å²) in [6, 6.07) is 1.50. The molecule has 2 aromatic rings. The van der Waals surface area contributed by atoms with Crippen LogP contribution in [0.15, 0.2) is 10.9 Å². The zero-order valence-corrected chi connectivity index (χ0v) is 13.2. The minimum absolute atomic E-state index is 0.126. The second kappa shape index (κ2) is 5.47. The predicted octanol–water partition coefficient (Wildman–Crippen LogP) is 1.20. The number of nitrogens with zero attached hydrogens (tertiary/aromatic N) is 4. The van der Waals surface area contributed by atoms with Gasteiger partial charge in [-0.3, -0.25) is 9.69 Å². The number of aromatic nitrogens is 3. The molecule has 1 aliphatic heterocycles. The molecule has 1 aliphatic rings. The van der Waals surface area contributed by atoms with Gasteiger partial charge in [-0.1, -0.05) is 11.3 Å². The summed E-state index contributed by atoms with van der Waals surface area (Å²) in [7, 11) is 0. The molecule has 7 heteroatoms.